The Kier molecular flexibility index (Phi) is 15.6. The van der Waals surface area contributed by atoms with Crippen LogP contribution in [0.5, 0.6) is 5.75 Å². The maximum Gasteiger partial charge on any atom is 0.340 e. The molecular formula is C28H38F4N4O10-2. The average Bonchev–Trinajstić information content (AvgIpc) is 2.99. The lowest BCUT2D eigenvalue weighted by Crippen LogP contribution is -2.56. The Balaban J connectivity index is 2.31. The maximum atomic E-state index is 13.2. The van der Waals surface area contributed by atoms with E-state index < -0.39 is 68.1 Å². The zero-order valence-electron chi connectivity index (χ0n) is 25.2. The number of esters is 1. The largest absolute Gasteiger partial charge is 0.549 e. The quantitative estimate of drug-likeness (QED) is 0.145. The number of hydrogen-bond donors (Lipinski definition) is 2. The molecule has 2 N–H and O–H groups in total. The van der Waals surface area contributed by atoms with Crippen molar-refractivity contribution in [2.45, 2.75) is 30.9 Å². The topological polar surface area (TPSA) is 186 Å². The molecule has 0 radical (unpaired) electrons. The van der Waals surface area contributed by atoms with Gasteiger partial charge in [0, 0.05) is 58.9 Å². The number of carboxylic acids is 3. The molecule has 1 unspecified atom stereocenters. The lowest BCUT2D eigenvalue weighted by atomic mass is 10.0. The van der Waals surface area contributed by atoms with Crippen molar-refractivity contribution < 1.29 is 66.6 Å². The number of aliphatic hydroxyl groups excluding tert-OH is 1. The molecule has 2 atom stereocenters. The van der Waals surface area contributed by atoms with Crippen LogP contribution in [0.15, 0.2) is 24.3 Å². The van der Waals surface area contributed by atoms with Gasteiger partial charge in [-0.05, 0) is 24.1 Å². The van der Waals surface area contributed by atoms with Crippen LogP contribution in [0.3, 0.4) is 0 Å². The van der Waals surface area contributed by atoms with Crippen LogP contribution in [0.2, 0.25) is 0 Å². The van der Waals surface area contributed by atoms with Gasteiger partial charge in [-0.1, -0.05) is 12.1 Å². The number of halogens is 4. The molecule has 1 saturated heterocycles. The van der Waals surface area contributed by atoms with E-state index in [1.54, 1.807) is 9.80 Å². The van der Waals surface area contributed by atoms with Gasteiger partial charge < -0.3 is 39.5 Å². The summed E-state index contributed by atoms with van der Waals surface area (Å²) in [5.74, 6) is -9.28. The highest BCUT2D eigenvalue weighted by molar-refractivity contribution is 5.74. The summed E-state index contributed by atoms with van der Waals surface area (Å²) in [4.78, 5) is 53.8. The number of carbonyl (C=O) groups excluding carboxylic acids is 3. The lowest BCUT2D eigenvalue weighted by Gasteiger charge is -2.38. The predicted molar refractivity (Wildman–Crippen MR) is 147 cm³/mol. The van der Waals surface area contributed by atoms with Crippen molar-refractivity contribution >= 4 is 23.9 Å². The normalized spacial score (nSPS) is 18.2. The van der Waals surface area contributed by atoms with Crippen LogP contribution in [0.25, 0.3) is 0 Å². The van der Waals surface area contributed by atoms with Gasteiger partial charge in [0.15, 0.2) is 6.61 Å². The highest BCUT2D eigenvalue weighted by Gasteiger charge is 2.41. The monoisotopic (exact) mass is 666 g/mol. The van der Waals surface area contributed by atoms with Gasteiger partial charge in [-0.3, -0.25) is 29.2 Å². The van der Waals surface area contributed by atoms with Gasteiger partial charge in [-0.2, -0.15) is 8.78 Å². The molecule has 0 amide bonds. The summed E-state index contributed by atoms with van der Waals surface area (Å²) in [6.07, 6.45) is -4.01. The molecule has 1 fully saturated rings. The highest BCUT2D eigenvalue weighted by Crippen LogP contribution is 2.25. The SMILES string of the molecule is COC(=O)CN1CCN(C(Cc2ccc(OCC(F)(F)C(F)F)cc2)C(=O)O)CCN(CC(=O)[O-])CCN([C@@H](CO)C(=O)[O-])CC1. The van der Waals surface area contributed by atoms with Crippen LogP contribution >= 0.6 is 0 Å². The average molecular weight is 667 g/mol. The minimum Gasteiger partial charge on any atom is -0.549 e. The van der Waals surface area contributed by atoms with E-state index in [1.165, 1.54) is 41.2 Å². The maximum absolute atomic E-state index is 13.2. The molecule has 1 aliphatic heterocycles. The second kappa shape index (κ2) is 18.5. The van der Waals surface area contributed by atoms with Gasteiger partial charge in [-0.25, -0.2) is 8.78 Å². The van der Waals surface area contributed by atoms with Gasteiger partial charge in [0.05, 0.1) is 38.2 Å². The summed E-state index contributed by atoms with van der Waals surface area (Å²) in [6.45, 7) is -2.78. The summed E-state index contributed by atoms with van der Waals surface area (Å²) in [5.41, 5.74) is 0.442. The number of carbonyl (C=O) groups is 4. The van der Waals surface area contributed by atoms with Crippen molar-refractivity contribution in [1.82, 2.24) is 19.6 Å². The number of rotatable bonds is 15. The van der Waals surface area contributed by atoms with Gasteiger partial charge in [0.25, 0.3) is 0 Å². The van der Waals surface area contributed by atoms with Crippen molar-refractivity contribution in [2.75, 3.05) is 85.8 Å². The van der Waals surface area contributed by atoms with Crippen molar-refractivity contribution in [3.63, 3.8) is 0 Å². The smallest absolute Gasteiger partial charge is 0.340 e. The van der Waals surface area contributed by atoms with Crippen molar-refractivity contribution in [3.8, 4) is 5.75 Å². The Hall–Kier alpha value is -3.58. The Morgan fingerprint density at radius 3 is 1.78 bits per heavy atom. The van der Waals surface area contributed by atoms with Gasteiger partial charge in [-0.15, -0.1) is 0 Å². The fraction of sp³-hybridized carbons (Fsp3) is 0.643. The minimum absolute atomic E-state index is 0.00636. The number of aliphatic carboxylic acids is 3. The zero-order valence-corrected chi connectivity index (χ0v) is 25.2. The molecule has 1 aromatic carbocycles. The summed E-state index contributed by atoms with van der Waals surface area (Å²) < 4.78 is 60.8. The number of benzene rings is 1. The first-order valence-electron chi connectivity index (χ1n) is 14.3. The zero-order chi connectivity index (χ0) is 34.4. The molecule has 18 heteroatoms. The van der Waals surface area contributed by atoms with Crippen molar-refractivity contribution in [1.29, 1.82) is 0 Å². The molecule has 46 heavy (non-hydrogen) atoms. The first-order chi connectivity index (χ1) is 21.7. The molecule has 14 nitrogen and oxygen atoms in total. The molecule has 1 aromatic rings. The van der Waals surface area contributed by atoms with Crippen LogP contribution in [0.4, 0.5) is 17.6 Å². The molecule has 0 aromatic heterocycles. The van der Waals surface area contributed by atoms with Gasteiger partial charge in [0.1, 0.15) is 11.8 Å². The third-order valence-electron chi connectivity index (χ3n) is 7.46. The summed E-state index contributed by atoms with van der Waals surface area (Å²) in [6, 6.07) is 2.69. The molecule has 0 aliphatic carbocycles. The van der Waals surface area contributed by atoms with E-state index in [0.717, 1.165) is 0 Å². The van der Waals surface area contributed by atoms with E-state index in [-0.39, 0.29) is 71.1 Å². The summed E-state index contributed by atoms with van der Waals surface area (Å²) in [7, 11) is 1.18. The molecule has 0 bridgehead atoms. The first-order valence-corrected chi connectivity index (χ1v) is 14.3. The van der Waals surface area contributed by atoms with Crippen LogP contribution in [-0.4, -0.2) is 164 Å². The lowest BCUT2D eigenvalue weighted by molar-refractivity contribution is -0.313. The Bertz CT molecular complexity index is 1150. The van der Waals surface area contributed by atoms with Gasteiger partial charge >= 0.3 is 24.3 Å². The second-order valence-electron chi connectivity index (χ2n) is 10.6. The number of ether oxygens (including phenoxy) is 2. The number of alkyl halides is 4. The fourth-order valence-electron chi connectivity index (χ4n) is 4.80. The van der Waals surface area contributed by atoms with E-state index in [2.05, 4.69) is 0 Å². The third-order valence-corrected chi connectivity index (χ3v) is 7.46. The molecule has 0 spiro atoms. The molecule has 1 heterocycles. The molecule has 260 valence electrons. The third kappa shape index (κ3) is 12.7. The summed E-state index contributed by atoms with van der Waals surface area (Å²) in [5, 5.41) is 43.0. The number of nitrogens with zero attached hydrogens (tertiary/aromatic N) is 4. The Labute approximate surface area is 262 Å². The molecule has 2 rings (SSSR count). The van der Waals surface area contributed by atoms with E-state index >= 15 is 0 Å². The molecular weight excluding hydrogens is 628 g/mol. The van der Waals surface area contributed by atoms with Gasteiger partial charge in [0.2, 0.25) is 0 Å². The van der Waals surface area contributed by atoms with E-state index in [4.69, 9.17) is 9.47 Å². The van der Waals surface area contributed by atoms with Crippen LogP contribution in [-0.2, 0) is 30.3 Å². The fourth-order valence-corrected chi connectivity index (χ4v) is 4.80. The van der Waals surface area contributed by atoms with Crippen LogP contribution in [0, 0.1) is 0 Å². The number of hydrogen-bond acceptors (Lipinski definition) is 13. The Morgan fingerprint density at radius 1 is 0.870 bits per heavy atom. The van der Waals surface area contributed by atoms with E-state index in [1.807, 2.05) is 0 Å². The first kappa shape index (κ1) is 38.6. The van der Waals surface area contributed by atoms with E-state index in [0.29, 0.717) is 5.56 Å². The second-order valence-corrected chi connectivity index (χ2v) is 10.6. The molecule has 1 aliphatic rings. The molecule has 0 saturated carbocycles. The Morgan fingerprint density at radius 2 is 1.37 bits per heavy atom. The number of aliphatic hydroxyl groups is 1. The standard InChI is InChI=1S/C28H40F4N4O10/c1-45-24(40)16-34-8-11-35(10-6-33(15-23(38)39)7-12-36(13-9-34)22(17-37)26(43)44)21(25(41)42)14-19-2-4-20(5-3-19)46-18-28(31,32)27(29)30/h2-5,21-22,27,37H,6-18H2,1H3,(H,38,39)(H,41,42)(H,43,44)/p-2/t21?,22-/m0/s1. The van der Waals surface area contributed by atoms with Crippen LogP contribution < -0.4 is 14.9 Å². The van der Waals surface area contributed by atoms with Crippen molar-refractivity contribution in [2.24, 2.45) is 0 Å². The van der Waals surface area contributed by atoms with Crippen LogP contribution in [0.1, 0.15) is 5.56 Å². The predicted octanol–water partition coefficient (Wildman–Crippen LogP) is -2.78. The summed E-state index contributed by atoms with van der Waals surface area (Å²) >= 11 is 0. The number of carboxylic acid groups (broad SMARTS) is 3. The van der Waals surface area contributed by atoms with E-state index in [9.17, 15) is 57.2 Å². The van der Waals surface area contributed by atoms with Crippen molar-refractivity contribution in [3.05, 3.63) is 29.8 Å². The minimum atomic E-state index is -4.35. The highest BCUT2D eigenvalue weighted by atomic mass is 19.3. The number of methoxy groups -OCH3 is 1.